The van der Waals surface area contributed by atoms with Gasteiger partial charge in [-0.15, -0.1) is 0 Å². The summed E-state index contributed by atoms with van der Waals surface area (Å²) in [5.41, 5.74) is 2.44. The highest BCUT2D eigenvalue weighted by atomic mass is 35.5. The minimum atomic E-state index is -0.270. The van der Waals surface area contributed by atoms with Gasteiger partial charge < -0.3 is 10.4 Å². The molecule has 7 nitrogen and oxygen atoms in total. The van der Waals surface area contributed by atoms with E-state index in [4.69, 9.17) is 21.5 Å². The molecule has 2 heterocycles. The van der Waals surface area contributed by atoms with Crippen LogP contribution in [0.4, 0.5) is 4.39 Å². The smallest absolute Gasteiger partial charge is 0.290 e. The van der Waals surface area contributed by atoms with Crippen LogP contribution in [0.3, 0.4) is 0 Å². The molecule has 9 heteroatoms. The van der Waals surface area contributed by atoms with Crippen molar-refractivity contribution in [1.82, 2.24) is 20.2 Å². The summed E-state index contributed by atoms with van der Waals surface area (Å²) in [7, 11) is 0. The van der Waals surface area contributed by atoms with Gasteiger partial charge in [0.15, 0.2) is 0 Å². The second kappa shape index (κ2) is 11.6. The number of hydrogen-bond donors (Lipinski definition) is 2. The standard InChI is InChI=1S/C20H24ClFN4O.CH2O2/c1-13-19(14(2)25-12-24-13)20(27)23-9-15-5-4-8-26(10-15)11-16-17(21)6-3-7-18(16)22;2-1-3/h3,6-7,12,15H,4-5,8-11H2,1-2H3,(H,23,27);1H,(H,2,3). The summed E-state index contributed by atoms with van der Waals surface area (Å²) in [5, 5.41) is 10.4. The minimum absolute atomic E-state index is 0.139. The van der Waals surface area contributed by atoms with Gasteiger partial charge in [0.2, 0.25) is 0 Å². The third-order valence-corrected chi connectivity index (χ3v) is 5.41. The summed E-state index contributed by atoms with van der Waals surface area (Å²) < 4.78 is 14.0. The molecule has 1 aromatic carbocycles. The third kappa shape index (κ3) is 6.47. The zero-order valence-electron chi connectivity index (χ0n) is 17.1. The van der Waals surface area contributed by atoms with E-state index in [-0.39, 0.29) is 18.2 Å². The number of nitrogens with zero attached hydrogens (tertiary/aromatic N) is 3. The number of rotatable bonds is 5. The molecule has 3 rings (SSSR count). The highest BCUT2D eigenvalue weighted by molar-refractivity contribution is 6.31. The van der Waals surface area contributed by atoms with Crippen molar-refractivity contribution in [2.75, 3.05) is 19.6 Å². The van der Waals surface area contributed by atoms with Crippen molar-refractivity contribution in [3.05, 3.63) is 57.9 Å². The van der Waals surface area contributed by atoms with Gasteiger partial charge in [-0.2, -0.15) is 0 Å². The number of aryl methyl sites for hydroxylation is 2. The predicted octanol–water partition coefficient (Wildman–Crippen LogP) is 3.23. The van der Waals surface area contributed by atoms with E-state index in [1.165, 1.54) is 12.4 Å². The first-order valence-electron chi connectivity index (χ1n) is 9.66. The number of amides is 1. The average molecular weight is 437 g/mol. The summed E-state index contributed by atoms with van der Waals surface area (Å²) in [5.74, 6) is -0.0914. The molecule has 162 valence electrons. The number of halogens is 2. The maximum Gasteiger partial charge on any atom is 0.290 e. The highest BCUT2D eigenvalue weighted by Gasteiger charge is 2.23. The fourth-order valence-electron chi connectivity index (χ4n) is 3.62. The molecule has 1 aliphatic rings. The van der Waals surface area contributed by atoms with Crippen LogP contribution in [0.5, 0.6) is 0 Å². The van der Waals surface area contributed by atoms with Gasteiger partial charge in [-0.25, -0.2) is 14.4 Å². The Morgan fingerprint density at radius 1 is 1.37 bits per heavy atom. The van der Waals surface area contributed by atoms with Crippen LogP contribution in [0.1, 0.15) is 40.2 Å². The van der Waals surface area contributed by atoms with Crippen molar-refractivity contribution in [3.63, 3.8) is 0 Å². The number of benzene rings is 1. The van der Waals surface area contributed by atoms with E-state index in [9.17, 15) is 9.18 Å². The third-order valence-electron chi connectivity index (χ3n) is 5.05. The van der Waals surface area contributed by atoms with E-state index in [0.717, 1.165) is 25.9 Å². The van der Waals surface area contributed by atoms with Crippen LogP contribution in [0.2, 0.25) is 5.02 Å². The first-order valence-corrected chi connectivity index (χ1v) is 10.0. The van der Waals surface area contributed by atoms with Crippen molar-refractivity contribution >= 4 is 24.0 Å². The Morgan fingerprint density at radius 2 is 2.03 bits per heavy atom. The largest absolute Gasteiger partial charge is 0.483 e. The zero-order chi connectivity index (χ0) is 22.1. The van der Waals surface area contributed by atoms with E-state index >= 15 is 0 Å². The molecular formula is C21H26ClFN4O3. The molecule has 1 aromatic heterocycles. The average Bonchev–Trinajstić information content (AvgIpc) is 2.70. The molecule has 2 N–H and O–H groups in total. The van der Waals surface area contributed by atoms with Gasteiger partial charge in [-0.05, 0) is 51.3 Å². The van der Waals surface area contributed by atoms with E-state index in [0.29, 0.717) is 46.5 Å². The number of hydrogen-bond acceptors (Lipinski definition) is 5. The lowest BCUT2D eigenvalue weighted by atomic mass is 9.97. The number of carboxylic acid groups (broad SMARTS) is 1. The summed E-state index contributed by atoms with van der Waals surface area (Å²) in [6.07, 6.45) is 3.51. The Hall–Kier alpha value is -2.58. The molecule has 0 radical (unpaired) electrons. The number of carbonyl (C=O) groups is 2. The first-order chi connectivity index (χ1) is 14.4. The Balaban J connectivity index is 0.00000101. The quantitative estimate of drug-likeness (QED) is 0.699. The fraction of sp³-hybridized carbons (Fsp3) is 0.429. The number of nitrogens with one attached hydrogen (secondary N) is 1. The van der Waals surface area contributed by atoms with E-state index < -0.39 is 0 Å². The molecule has 1 atom stereocenters. The highest BCUT2D eigenvalue weighted by Crippen LogP contribution is 2.24. The van der Waals surface area contributed by atoms with Crippen LogP contribution in [0.15, 0.2) is 24.5 Å². The van der Waals surface area contributed by atoms with Crippen molar-refractivity contribution in [3.8, 4) is 0 Å². The maximum absolute atomic E-state index is 14.0. The summed E-state index contributed by atoms with van der Waals surface area (Å²) in [4.78, 5) is 31.3. The van der Waals surface area contributed by atoms with Gasteiger partial charge in [-0.3, -0.25) is 14.5 Å². The molecular weight excluding hydrogens is 411 g/mol. The molecule has 1 saturated heterocycles. The molecule has 0 saturated carbocycles. The molecule has 1 fully saturated rings. The van der Waals surface area contributed by atoms with Gasteiger partial charge in [-0.1, -0.05) is 17.7 Å². The summed E-state index contributed by atoms with van der Waals surface area (Å²) in [6.45, 7) is 6.14. The molecule has 0 spiro atoms. The lowest BCUT2D eigenvalue weighted by Crippen LogP contribution is -2.41. The SMILES string of the molecule is Cc1ncnc(C)c1C(=O)NCC1CCCN(Cc2c(F)cccc2Cl)C1.O=CO. The van der Waals surface area contributed by atoms with Crippen molar-refractivity contribution in [2.45, 2.75) is 33.2 Å². The van der Waals surface area contributed by atoms with Crippen molar-refractivity contribution in [1.29, 1.82) is 0 Å². The van der Waals surface area contributed by atoms with Crippen LogP contribution in [0.25, 0.3) is 0 Å². The normalized spacial score (nSPS) is 16.3. The monoisotopic (exact) mass is 436 g/mol. The van der Waals surface area contributed by atoms with Crippen LogP contribution in [-0.2, 0) is 11.3 Å². The number of piperidine rings is 1. The number of aromatic nitrogens is 2. The molecule has 2 aromatic rings. The van der Waals surface area contributed by atoms with E-state index in [1.54, 1.807) is 12.1 Å². The Kier molecular flexibility index (Phi) is 9.14. The Bertz CT molecular complexity index is 841. The molecule has 0 bridgehead atoms. The Morgan fingerprint density at radius 3 is 2.67 bits per heavy atom. The second-order valence-electron chi connectivity index (χ2n) is 7.18. The molecule has 1 aliphatic heterocycles. The topological polar surface area (TPSA) is 95.4 Å². The van der Waals surface area contributed by atoms with Crippen LogP contribution < -0.4 is 5.32 Å². The van der Waals surface area contributed by atoms with Crippen LogP contribution in [0, 0.1) is 25.6 Å². The van der Waals surface area contributed by atoms with Gasteiger partial charge in [0.1, 0.15) is 12.1 Å². The summed E-state index contributed by atoms with van der Waals surface area (Å²) in [6, 6.07) is 4.77. The lowest BCUT2D eigenvalue weighted by molar-refractivity contribution is -0.122. The zero-order valence-corrected chi connectivity index (χ0v) is 17.8. The lowest BCUT2D eigenvalue weighted by Gasteiger charge is -2.33. The molecule has 0 aliphatic carbocycles. The molecule has 1 unspecified atom stereocenters. The molecule has 1 amide bonds. The van der Waals surface area contributed by atoms with Gasteiger partial charge in [0.05, 0.1) is 17.0 Å². The second-order valence-corrected chi connectivity index (χ2v) is 7.59. The van der Waals surface area contributed by atoms with Gasteiger partial charge in [0, 0.05) is 30.2 Å². The predicted molar refractivity (Wildman–Crippen MR) is 112 cm³/mol. The van der Waals surface area contributed by atoms with Gasteiger partial charge in [0.25, 0.3) is 12.4 Å². The number of carbonyl (C=O) groups excluding carboxylic acids is 1. The summed E-state index contributed by atoms with van der Waals surface area (Å²) >= 11 is 6.15. The maximum atomic E-state index is 14.0. The number of likely N-dealkylation sites (tertiary alicyclic amines) is 1. The van der Waals surface area contributed by atoms with Crippen molar-refractivity contribution < 1.29 is 19.1 Å². The minimum Gasteiger partial charge on any atom is -0.483 e. The van der Waals surface area contributed by atoms with E-state index in [1.807, 2.05) is 13.8 Å². The van der Waals surface area contributed by atoms with Gasteiger partial charge >= 0.3 is 0 Å². The molecule has 30 heavy (non-hydrogen) atoms. The van der Waals surface area contributed by atoms with Crippen LogP contribution >= 0.6 is 11.6 Å². The van der Waals surface area contributed by atoms with Crippen molar-refractivity contribution in [2.24, 2.45) is 5.92 Å². The van der Waals surface area contributed by atoms with Crippen LogP contribution in [-0.4, -0.2) is 52.0 Å². The fourth-order valence-corrected chi connectivity index (χ4v) is 3.84. The Labute approximate surface area is 180 Å². The first kappa shape index (κ1) is 23.7. The van der Waals surface area contributed by atoms with E-state index in [2.05, 4.69) is 20.2 Å².